The van der Waals surface area contributed by atoms with Gasteiger partial charge in [0.25, 0.3) is 0 Å². The summed E-state index contributed by atoms with van der Waals surface area (Å²) in [7, 11) is 0. The lowest BCUT2D eigenvalue weighted by molar-refractivity contribution is -0.255. The molecule has 2 aliphatic rings. The lowest BCUT2D eigenvalue weighted by Gasteiger charge is -2.41. The number of carbonyl (C=O) groups is 1. The van der Waals surface area contributed by atoms with Crippen molar-refractivity contribution in [3.63, 3.8) is 0 Å². The van der Waals surface area contributed by atoms with Crippen LogP contribution in [0.3, 0.4) is 0 Å². The van der Waals surface area contributed by atoms with Crippen LogP contribution in [0.5, 0.6) is 0 Å². The maximum atomic E-state index is 12.5. The number of unbranched alkanes of at least 4 members (excludes halogenated alkanes) is 11. The van der Waals surface area contributed by atoms with Gasteiger partial charge in [-0.05, 0) is 6.42 Å². The van der Waals surface area contributed by atoms with Crippen molar-refractivity contribution in [3.8, 4) is 0 Å². The van der Waals surface area contributed by atoms with Crippen LogP contribution in [0.2, 0.25) is 0 Å². The number of hydrogen-bond donors (Lipinski definition) is 7. The number of rotatable bonds is 21. The summed E-state index contributed by atoms with van der Waals surface area (Å²) in [6, 6.07) is 0. The Morgan fingerprint density at radius 3 is 1.47 bits per heavy atom. The monoisotopic (exact) mass is 622 g/mol. The molecule has 0 aromatic heterocycles. The largest absolute Gasteiger partial charge is 0.463 e. The summed E-state index contributed by atoms with van der Waals surface area (Å²) in [5.74, 6) is -0.744. The van der Waals surface area contributed by atoms with E-state index < -0.39 is 73.6 Å². The minimum atomic E-state index is -1.57. The Labute approximate surface area is 256 Å². The van der Waals surface area contributed by atoms with Gasteiger partial charge in [0.05, 0.1) is 25.7 Å². The number of carbonyl (C=O) groups excluding carboxylic acids is 1. The highest BCUT2D eigenvalue weighted by Crippen LogP contribution is 2.25. The molecule has 2 saturated heterocycles. The Balaban J connectivity index is 1.65. The van der Waals surface area contributed by atoms with Gasteiger partial charge in [-0.1, -0.05) is 90.9 Å². The zero-order chi connectivity index (χ0) is 31.8. The third kappa shape index (κ3) is 12.8. The smallest absolute Gasteiger partial charge is 0.308 e. The fourth-order valence-electron chi connectivity index (χ4n) is 5.64. The summed E-state index contributed by atoms with van der Waals surface area (Å²) in [4.78, 5) is 12.5. The fourth-order valence-corrected chi connectivity index (χ4v) is 5.64. The molecule has 2 aliphatic heterocycles. The first-order chi connectivity index (χ1) is 20.6. The van der Waals surface area contributed by atoms with Crippen LogP contribution in [0.15, 0.2) is 0 Å². The zero-order valence-electron chi connectivity index (χ0n) is 26.0. The van der Waals surface area contributed by atoms with E-state index in [1.807, 2.05) is 0 Å². The molecule has 0 bridgehead atoms. The predicted octanol–water partition coefficient (Wildman–Crippen LogP) is 0.966. The van der Waals surface area contributed by atoms with Crippen LogP contribution in [0, 0.1) is 5.92 Å². The van der Waals surface area contributed by atoms with Crippen molar-refractivity contribution in [3.05, 3.63) is 0 Å². The second kappa shape index (κ2) is 21.0. The van der Waals surface area contributed by atoms with E-state index in [1.54, 1.807) is 6.92 Å². The van der Waals surface area contributed by atoms with E-state index in [0.29, 0.717) is 6.42 Å². The van der Waals surface area contributed by atoms with Crippen molar-refractivity contribution in [1.29, 1.82) is 0 Å². The van der Waals surface area contributed by atoms with Gasteiger partial charge in [-0.2, -0.15) is 0 Å². The van der Waals surface area contributed by atoms with Crippen LogP contribution in [-0.4, -0.2) is 129 Å². The van der Waals surface area contributed by atoms with E-state index in [1.165, 1.54) is 57.8 Å². The van der Waals surface area contributed by atoms with Crippen molar-refractivity contribution in [2.75, 3.05) is 26.4 Å². The van der Waals surface area contributed by atoms with Crippen LogP contribution < -0.4 is 0 Å². The first-order valence-electron chi connectivity index (χ1n) is 16.4. The van der Waals surface area contributed by atoms with E-state index >= 15 is 0 Å². The minimum Gasteiger partial charge on any atom is -0.463 e. The van der Waals surface area contributed by atoms with Gasteiger partial charge in [-0.25, -0.2) is 0 Å². The van der Waals surface area contributed by atoms with Gasteiger partial charge < -0.3 is 54.7 Å². The van der Waals surface area contributed by atoms with Gasteiger partial charge in [-0.15, -0.1) is 0 Å². The van der Waals surface area contributed by atoms with E-state index in [-0.39, 0.29) is 25.7 Å². The number of ether oxygens (including phenoxy) is 4. The summed E-state index contributed by atoms with van der Waals surface area (Å²) < 4.78 is 21.9. The van der Waals surface area contributed by atoms with Crippen molar-refractivity contribution < 1.29 is 59.5 Å². The second-order valence-electron chi connectivity index (χ2n) is 12.3. The highest BCUT2D eigenvalue weighted by Gasteiger charge is 2.46. The standard InChI is InChI=1S/C31H58O12/c1-3-4-5-6-7-8-9-10-11-12-13-14-15-20(2)31(39)41-19-24-28(36)30(38)27(35)23(43-24)18-40-17-22-26(34)29(37)25(33)21(16-32)42-22/h20-30,32-38H,3-19H2,1-2H3/t20?,21?,22-,23+,24?,25-,26?,27-,28+,29-,30?/m0/s1. The molecule has 0 aliphatic carbocycles. The molecule has 5 unspecified atom stereocenters. The third-order valence-electron chi connectivity index (χ3n) is 8.65. The molecule has 0 saturated carbocycles. The summed E-state index contributed by atoms with van der Waals surface area (Å²) in [5.41, 5.74) is 0. The van der Waals surface area contributed by atoms with Crippen molar-refractivity contribution in [2.24, 2.45) is 5.92 Å². The lowest BCUT2D eigenvalue weighted by Crippen LogP contribution is -2.61. The van der Waals surface area contributed by atoms with E-state index in [9.17, 15) is 40.5 Å². The Morgan fingerprint density at radius 2 is 1.00 bits per heavy atom. The molecule has 2 rings (SSSR count). The highest BCUT2D eigenvalue weighted by atomic mass is 16.6. The van der Waals surface area contributed by atoms with Crippen LogP contribution >= 0.6 is 0 Å². The normalized spacial score (nSPS) is 33.8. The molecule has 43 heavy (non-hydrogen) atoms. The Kier molecular flexibility index (Phi) is 18.7. The van der Waals surface area contributed by atoms with Crippen LogP contribution in [0.1, 0.15) is 97.3 Å². The quantitative estimate of drug-likeness (QED) is 0.0709. The molecule has 12 nitrogen and oxygen atoms in total. The number of aliphatic hydroxyl groups is 7. The van der Waals surface area contributed by atoms with Gasteiger partial charge in [0, 0.05) is 0 Å². The van der Waals surface area contributed by atoms with Crippen LogP contribution in [0.25, 0.3) is 0 Å². The molecule has 12 heteroatoms. The topological polar surface area (TPSA) is 196 Å². The molecule has 0 amide bonds. The summed E-state index contributed by atoms with van der Waals surface area (Å²) >= 11 is 0. The van der Waals surface area contributed by atoms with E-state index in [0.717, 1.165) is 19.3 Å². The molecule has 0 aromatic carbocycles. The average molecular weight is 623 g/mol. The fraction of sp³-hybridized carbons (Fsp3) is 0.968. The predicted molar refractivity (Wildman–Crippen MR) is 157 cm³/mol. The molecular weight excluding hydrogens is 564 g/mol. The van der Waals surface area contributed by atoms with E-state index in [2.05, 4.69) is 6.92 Å². The van der Waals surface area contributed by atoms with Crippen LogP contribution in [0.4, 0.5) is 0 Å². The summed E-state index contributed by atoms with van der Waals surface area (Å²) in [5, 5.41) is 70.4. The summed E-state index contributed by atoms with van der Waals surface area (Å²) in [6.07, 6.45) is 2.14. The van der Waals surface area contributed by atoms with Gasteiger partial charge in [-0.3, -0.25) is 4.79 Å². The van der Waals surface area contributed by atoms with E-state index in [4.69, 9.17) is 18.9 Å². The number of hydrogen-bond acceptors (Lipinski definition) is 12. The van der Waals surface area contributed by atoms with Gasteiger partial charge in [0.15, 0.2) is 0 Å². The average Bonchev–Trinajstić information content (AvgIpc) is 3.00. The summed E-state index contributed by atoms with van der Waals surface area (Å²) in [6.45, 7) is 2.59. The molecular formula is C31H58O12. The first kappa shape index (κ1) is 38.3. The zero-order valence-corrected chi connectivity index (χ0v) is 26.0. The maximum Gasteiger partial charge on any atom is 0.308 e. The molecule has 0 radical (unpaired) electrons. The maximum absolute atomic E-state index is 12.5. The molecule has 254 valence electrons. The Morgan fingerprint density at radius 1 is 0.605 bits per heavy atom. The molecule has 11 atom stereocenters. The SMILES string of the molecule is CCCCCCCCCCCCCCC(C)C(=O)OCC1O[C@H](COC[C@@H]2OC(CO)[C@H](O)[C@H](O)C2O)[C@H](O)C(O)[C@@H]1O. The lowest BCUT2D eigenvalue weighted by atomic mass is 9.95. The van der Waals surface area contributed by atoms with Crippen molar-refractivity contribution in [2.45, 2.75) is 158 Å². The van der Waals surface area contributed by atoms with Crippen LogP contribution in [-0.2, 0) is 23.7 Å². The van der Waals surface area contributed by atoms with Gasteiger partial charge in [0.2, 0.25) is 0 Å². The third-order valence-corrected chi connectivity index (χ3v) is 8.65. The van der Waals surface area contributed by atoms with Gasteiger partial charge >= 0.3 is 5.97 Å². The molecule has 2 heterocycles. The second-order valence-corrected chi connectivity index (χ2v) is 12.3. The number of esters is 1. The molecule has 2 fully saturated rings. The Bertz CT molecular complexity index is 740. The number of aliphatic hydroxyl groups excluding tert-OH is 7. The Hall–Kier alpha value is -0.930. The molecule has 0 spiro atoms. The first-order valence-corrected chi connectivity index (χ1v) is 16.4. The van der Waals surface area contributed by atoms with Crippen molar-refractivity contribution in [1.82, 2.24) is 0 Å². The molecule has 7 N–H and O–H groups in total. The molecule has 0 aromatic rings. The highest BCUT2D eigenvalue weighted by molar-refractivity contribution is 5.71. The van der Waals surface area contributed by atoms with Crippen molar-refractivity contribution >= 4 is 5.97 Å². The minimum absolute atomic E-state index is 0.275. The van der Waals surface area contributed by atoms with Gasteiger partial charge in [0.1, 0.15) is 67.6 Å².